The van der Waals surface area contributed by atoms with Gasteiger partial charge < -0.3 is 4.74 Å². The summed E-state index contributed by atoms with van der Waals surface area (Å²) in [5.41, 5.74) is 3.02. The fraction of sp³-hybridized carbons (Fsp3) is 0.588. The highest BCUT2D eigenvalue weighted by molar-refractivity contribution is 9.10. The zero-order valence-electron chi connectivity index (χ0n) is 13.5. The highest BCUT2D eigenvalue weighted by Crippen LogP contribution is 2.45. The Bertz CT molecular complexity index is 557. The monoisotopic (exact) mass is 418 g/mol. The first-order valence-electron chi connectivity index (χ1n) is 7.12. The van der Waals surface area contributed by atoms with Gasteiger partial charge in [-0.1, -0.05) is 34.6 Å². The van der Waals surface area contributed by atoms with Crippen molar-refractivity contribution in [1.82, 2.24) is 0 Å². The Morgan fingerprint density at radius 3 is 2.33 bits per heavy atom. The third-order valence-corrected chi connectivity index (χ3v) is 5.00. The van der Waals surface area contributed by atoms with E-state index in [0.29, 0.717) is 5.92 Å². The minimum absolute atomic E-state index is 0. The Kier molecular flexibility index (Phi) is 5.71. The molecule has 21 heavy (non-hydrogen) atoms. The second-order valence-electron chi connectivity index (χ2n) is 6.97. The molecule has 1 aromatic carbocycles. The second-order valence-corrected chi connectivity index (χ2v) is 7.76. The molecule has 0 N–H and O–H groups in total. The van der Waals surface area contributed by atoms with Gasteiger partial charge in [0.1, 0.15) is 5.75 Å². The third-order valence-electron chi connectivity index (χ3n) is 4.17. The van der Waals surface area contributed by atoms with Crippen molar-refractivity contribution in [2.45, 2.75) is 46.5 Å². The van der Waals surface area contributed by atoms with Gasteiger partial charge in [0.15, 0.2) is 5.78 Å². The van der Waals surface area contributed by atoms with Gasteiger partial charge in [-0.3, -0.25) is 4.79 Å². The fourth-order valence-corrected chi connectivity index (χ4v) is 3.65. The lowest BCUT2D eigenvalue weighted by atomic mass is 9.84. The minimum Gasteiger partial charge on any atom is -0.495 e. The molecule has 1 aliphatic carbocycles. The van der Waals surface area contributed by atoms with Crippen LogP contribution in [0.4, 0.5) is 0 Å². The van der Waals surface area contributed by atoms with Crippen LogP contribution in [0, 0.1) is 11.8 Å². The molecule has 0 heterocycles. The van der Waals surface area contributed by atoms with E-state index in [0.717, 1.165) is 33.3 Å². The van der Waals surface area contributed by atoms with Gasteiger partial charge in [0, 0.05) is 17.0 Å². The number of ether oxygens (including phenoxy) is 1. The third kappa shape index (κ3) is 3.21. The molecule has 0 aromatic heterocycles. The van der Waals surface area contributed by atoms with Crippen molar-refractivity contribution in [3.8, 4) is 5.75 Å². The predicted octanol–water partition coefficient (Wildman–Crippen LogP) is 5.34. The van der Waals surface area contributed by atoms with E-state index in [9.17, 15) is 4.79 Å². The van der Waals surface area contributed by atoms with Crippen molar-refractivity contribution in [3.63, 3.8) is 0 Å². The average molecular weight is 420 g/mol. The first-order valence-corrected chi connectivity index (χ1v) is 7.91. The normalized spacial score (nSPS) is 17.7. The topological polar surface area (TPSA) is 26.3 Å². The summed E-state index contributed by atoms with van der Waals surface area (Å²) >= 11 is 3.66. The van der Waals surface area contributed by atoms with Crippen LogP contribution in [0.3, 0.4) is 0 Å². The summed E-state index contributed by atoms with van der Waals surface area (Å²) in [5.74, 6) is 1.62. The van der Waals surface area contributed by atoms with Crippen LogP contribution < -0.4 is 4.74 Å². The minimum atomic E-state index is -0.0565. The Morgan fingerprint density at radius 2 is 1.90 bits per heavy atom. The van der Waals surface area contributed by atoms with E-state index in [4.69, 9.17) is 4.74 Å². The van der Waals surface area contributed by atoms with Crippen LogP contribution in [-0.4, -0.2) is 12.9 Å². The number of hydrogen-bond donors (Lipinski definition) is 0. The molecule has 0 saturated carbocycles. The highest BCUT2D eigenvalue weighted by Gasteiger charge is 2.37. The molecule has 4 heteroatoms. The van der Waals surface area contributed by atoms with Gasteiger partial charge in [-0.2, -0.15) is 0 Å². The van der Waals surface area contributed by atoms with E-state index < -0.39 is 0 Å². The molecule has 0 bridgehead atoms. The molecule has 118 valence electrons. The van der Waals surface area contributed by atoms with E-state index >= 15 is 0 Å². The summed E-state index contributed by atoms with van der Waals surface area (Å²) < 4.78 is 6.56. The van der Waals surface area contributed by atoms with E-state index in [2.05, 4.69) is 50.5 Å². The zero-order valence-corrected chi connectivity index (χ0v) is 16.8. The van der Waals surface area contributed by atoms with Crippen LogP contribution in [0.5, 0.6) is 5.75 Å². The molecule has 2 nitrogen and oxygen atoms in total. The van der Waals surface area contributed by atoms with Gasteiger partial charge in [0.05, 0.1) is 11.6 Å². The van der Waals surface area contributed by atoms with Gasteiger partial charge >= 0.3 is 0 Å². The van der Waals surface area contributed by atoms with Crippen LogP contribution >= 0.6 is 32.9 Å². The molecule has 1 aliphatic rings. The van der Waals surface area contributed by atoms with Crippen molar-refractivity contribution in [2.75, 3.05) is 7.11 Å². The maximum absolute atomic E-state index is 12.6. The number of halogens is 2. The largest absolute Gasteiger partial charge is 0.495 e. The molecule has 1 aromatic rings. The fourth-order valence-electron chi connectivity index (χ4n) is 2.90. The summed E-state index contributed by atoms with van der Waals surface area (Å²) in [4.78, 5) is 12.6. The molecule has 0 fully saturated rings. The molecule has 2 rings (SSSR count). The predicted molar refractivity (Wildman–Crippen MR) is 96.1 cm³/mol. The average Bonchev–Trinajstić information content (AvgIpc) is 2.66. The van der Waals surface area contributed by atoms with Crippen molar-refractivity contribution in [3.05, 3.63) is 27.2 Å². The maximum atomic E-state index is 12.6. The van der Waals surface area contributed by atoms with Crippen LogP contribution in [-0.2, 0) is 11.8 Å². The summed E-state index contributed by atoms with van der Waals surface area (Å²) in [6, 6.07) is 2.05. The summed E-state index contributed by atoms with van der Waals surface area (Å²) in [7, 11) is 1.69. The molecule has 0 radical (unpaired) electrons. The number of benzene rings is 1. The standard InChI is InChI=1S/C17H23BrO2.BrH/c1-9(2)10-7-11-12(15(10)19)8-13(17(3,4)5)16(20-6)14(11)18;/h8-10H,7H2,1-6H3;1H. The van der Waals surface area contributed by atoms with E-state index in [-0.39, 0.29) is 34.1 Å². The lowest BCUT2D eigenvalue weighted by Crippen LogP contribution is -2.16. The molecule has 1 atom stereocenters. The second kappa shape index (κ2) is 6.41. The Labute approximate surface area is 146 Å². The van der Waals surface area contributed by atoms with Gasteiger partial charge in [-0.05, 0) is 45.3 Å². The first-order chi connectivity index (χ1) is 9.18. The summed E-state index contributed by atoms with van der Waals surface area (Å²) in [5, 5.41) is 0. The van der Waals surface area contributed by atoms with Crippen molar-refractivity contribution in [1.29, 1.82) is 0 Å². The van der Waals surface area contributed by atoms with Crippen LogP contribution in [0.2, 0.25) is 0 Å². The molecule has 0 amide bonds. The number of rotatable bonds is 2. The Morgan fingerprint density at radius 1 is 1.33 bits per heavy atom. The van der Waals surface area contributed by atoms with E-state index in [1.54, 1.807) is 7.11 Å². The van der Waals surface area contributed by atoms with Crippen LogP contribution in [0.1, 0.15) is 56.1 Å². The Hall–Kier alpha value is -0.350. The van der Waals surface area contributed by atoms with Crippen molar-refractivity contribution >= 4 is 38.7 Å². The number of hydrogen-bond acceptors (Lipinski definition) is 2. The maximum Gasteiger partial charge on any atom is 0.166 e. The zero-order chi connectivity index (χ0) is 15.2. The lowest BCUT2D eigenvalue weighted by molar-refractivity contribution is 0.0906. The number of carbonyl (C=O) groups is 1. The number of methoxy groups -OCH3 is 1. The number of Topliss-reactive ketones (excluding diaryl/α,β-unsaturated/α-hetero) is 1. The van der Waals surface area contributed by atoms with Gasteiger partial charge in [-0.15, -0.1) is 17.0 Å². The smallest absolute Gasteiger partial charge is 0.166 e. The molecular formula is C17H24Br2O2. The van der Waals surface area contributed by atoms with Crippen molar-refractivity contribution in [2.24, 2.45) is 11.8 Å². The SMILES string of the molecule is Br.COc1c(C(C)(C)C)cc2c(c1Br)CC(C(C)C)C2=O. The first kappa shape index (κ1) is 18.7. The van der Waals surface area contributed by atoms with E-state index in [1.807, 2.05) is 6.07 Å². The molecule has 1 unspecified atom stereocenters. The lowest BCUT2D eigenvalue weighted by Gasteiger charge is -2.24. The number of ketones is 1. The summed E-state index contributed by atoms with van der Waals surface area (Å²) in [6.45, 7) is 10.7. The number of fused-ring (bicyclic) bond motifs is 1. The molecule has 0 spiro atoms. The van der Waals surface area contributed by atoms with E-state index in [1.165, 1.54) is 0 Å². The highest BCUT2D eigenvalue weighted by atomic mass is 79.9. The summed E-state index contributed by atoms with van der Waals surface area (Å²) in [6.07, 6.45) is 0.813. The van der Waals surface area contributed by atoms with Crippen LogP contribution in [0.25, 0.3) is 0 Å². The van der Waals surface area contributed by atoms with Gasteiger partial charge in [0.25, 0.3) is 0 Å². The van der Waals surface area contributed by atoms with Crippen LogP contribution in [0.15, 0.2) is 10.5 Å². The number of carbonyl (C=O) groups excluding carboxylic acids is 1. The quantitative estimate of drug-likeness (QED) is 0.646. The Balaban J connectivity index is 0.00000220. The van der Waals surface area contributed by atoms with Gasteiger partial charge in [-0.25, -0.2) is 0 Å². The van der Waals surface area contributed by atoms with Crippen molar-refractivity contribution < 1.29 is 9.53 Å². The molecular weight excluding hydrogens is 396 g/mol. The van der Waals surface area contributed by atoms with Gasteiger partial charge in [0.2, 0.25) is 0 Å². The molecule has 0 saturated heterocycles. The molecule has 0 aliphatic heterocycles.